The van der Waals surface area contributed by atoms with Gasteiger partial charge in [-0.3, -0.25) is 0 Å². The van der Waals surface area contributed by atoms with Gasteiger partial charge in [-0.15, -0.1) is 0 Å². The summed E-state index contributed by atoms with van der Waals surface area (Å²) in [5.41, 5.74) is 5.77. The second-order valence-electron chi connectivity index (χ2n) is 5.75. The molecule has 0 saturated carbocycles. The van der Waals surface area contributed by atoms with Crippen LogP contribution in [-0.4, -0.2) is 23.0 Å². The zero-order chi connectivity index (χ0) is 15.5. The molecular formula is C19H23N3. The number of imidazole rings is 1. The molecule has 0 unspecified atom stereocenters. The summed E-state index contributed by atoms with van der Waals surface area (Å²) < 4.78 is 2.12. The predicted octanol–water partition coefficient (Wildman–Crippen LogP) is 4.41. The molecule has 0 fully saturated rings. The minimum absolute atomic E-state index is 0.999. The van der Waals surface area contributed by atoms with E-state index in [2.05, 4.69) is 79.0 Å². The number of anilines is 1. The van der Waals surface area contributed by atoms with Crippen molar-refractivity contribution in [2.24, 2.45) is 0 Å². The molecule has 0 radical (unpaired) electrons. The molecular weight excluding hydrogens is 270 g/mol. The van der Waals surface area contributed by atoms with Gasteiger partial charge >= 0.3 is 0 Å². The zero-order valence-electron chi connectivity index (χ0n) is 13.6. The van der Waals surface area contributed by atoms with E-state index in [9.17, 15) is 0 Å². The van der Waals surface area contributed by atoms with Crippen LogP contribution in [0.15, 0.2) is 48.8 Å². The highest BCUT2D eigenvalue weighted by atomic mass is 15.1. The van der Waals surface area contributed by atoms with Gasteiger partial charge in [-0.05, 0) is 36.6 Å². The maximum absolute atomic E-state index is 4.72. The third-order valence-electron chi connectivity index (χ3n) is 4.08. The van der Waals surface area contributed by atoms with Crippen molar-refractivity contribution < 1.29 is 0 Å². The van der Waals surface area contributed by atoms with Crippen molar-refractivity contribution >= 4 is 11.3 Å². The van der Waals surface area contributed by atoms with Crippen molar-refractivity contribution in [1.82, 2.24) is 9.38 Å². The van der Waals surface area contributed by atoms with E-state index in [0.717, 1.165) is 36.3 Å². The van der Waals surface area contributed by atoms with Crippen LogP contribution in [-0.2, 0) is 6.42 Å². The van der Waals surface area contributed by atoms with Gasteiger partial charge in [0.25, 0.3) is 0 Å². The van der Waals surface area contributed by atoms with Crippen molar-refractivity contribution in [3.8, 4) is 11.3 Å². The lowest BCUT2D eigenvalue weighted by Gasteiger charge is -2.18. The highest BCUT2D eigenvalue weighted by Crippen LogP contribution is 2.23. The summed E-state index contributed by atoms with van der Waals surface area (Å²) >= 11 is 0. The standard InChI is InChI=1S/C19H23N3/c1-4-12-21(3)17-9-7-16(8-10-17)18-14-22-13-15(5-2)6-11-19(22)20-18/h6-11,13-14H,4-5,12H2,1-3H3. The number of hydrogen-bond acceptors (Lipinski definition) is 2. The fraction of sp³-hybridized carbons (Fsp3) is 0.316. The SMILES string of the molecule is CCCN(C)c1ccc(-c2cn3cc(CC)ccc3n2)cc1. The molecule has 0 spiro atoms. The second-order valence-corrected chi connectivity index (χ2v) is 5.75. The maximum atomic E-state index is 4.72. The van der Waals surface area contributed by atoms with E-state index in [1.165, 1.54) is 11.3 Å². The third kappa shape index (κ3) is 2.84. The van der Waals surface area contributed by atoms with E-state index in [4.69, 9.17) is 4.98 Å². The van der Waals surface area contributed by atoms with Crippen LogP contribution in [0.5, 0.6) is 0 Å². The van der Waals surface area contributed by atoms with Gasteiger partial charge in [0.15, 0.2) is 0 Å². The molecule has 2 heterocycles. The zero-order valence-corrected chi connectivity index (χ0v) is 13.6. The van der Waals surface area contributed by atoms with Crippen molar-refractivity contribution in [1.29, 1.82) is 0 Å². The van der Waals surface area contributed by atoms with Crippen LogP contribution in [0.2, 0.25) is 0 Å². The molecule has 3 nitrogen and oxygen atoms in total. The molecule has 0 atom stereocenters. The lowest BCUT2D eigenvalue weighted by molar-refractivity contribution is 0.852. The Balaban J connectivity index is 1.90. The Morgan fingerprint density at radius 1 is 1.00 bits per heavy atom. The number of benzene rings is 1. The summed E-state index contributed by atoms with van der Waals surface area (Å²) in [6.07, 6.45) is 6.47. The Labute approximate surface area is 132 Å². The van der Waals surface area contributed by atoms with Crippen molar-refractivity contribution in [3.63, 3.8) is 0 Å². The summed E-state index contributed by atoms with van der Waals surface area (Å²) in [7, 11) is 2.13. The first-order chi connectivity index (χ1) is 10.7. The fourth-order valence-electron chi connectivity index (χ4n) is 2.74. The largest absolute Gasteiger partial charge is 0.375 e. The molecule has 114 valence electrons. The first-order valence-corrected chi connectivity index (χ1v) is 8.00. The number of pyridine rings is 1. The van der Waals surface area contributed by atoms with Crippen molar-refractivity contribution in [2.75, 3.05) is 18.5 Å². The minimum Gasteiger partial charge on any atom is -0.375 e. The average Bonchev–Trinajstić information content (AvgIpc) is 2.98. The smallest absolute Gasteiger partial charge is 0.137 e. The lowest BCUT2D eigenvalue weighted by atomic mass is 10.1. The summed E-state index contributed by atoms with van der Waals surface area (Å²) in [5, 5.41) is 0. The van der Waals surface area contributed by atoms with Crippen LogP contribution in [0.3, 0.4) is 0 Å². The molecule has 0 aliphatic rings. The average molecular weight is 293 g/mol. The Kier molecular flexibility index (Phi) is 4.14. The van der Waals surface area contributed by atoms with Gasteiger partial charge in [0.1, 0.15) is 5.65 Å². The van der Waals surface area contributed by atoms with Gasteiger partial charge in [-0.2, -0.15) is 0 Å². The van der Waals surface area contributed by atoms with E-state index in [1.54, 1.807) is 0 Å². The molecule has 0 N–H and O–H groups in total. The van der Waals surface area contributed by atoms with Crippen LogP contribution in [0.25, 0.3) is 16.9 Å². The van der Waals surface area contributed by atoms with E-state index in [0.29, 0.717) is 0 Å². The summed E-state index contributed by atoms with van der Waals surface area (Å²) in [4.78, 5) is 7.00. The Morgan fingerprint density at radius 3 is 2.45 bits per heavy atom. The monoisotopic (exact) mass is 293 g/mol. The van der Waals surface area contributed by atoms with Gasteiger partial charge in [0.2, 0.25) is 0 Å². The van der Waals surface area contributed by atoms with Crippen LogP contribution in [0, 0.1) is 0 Å². The number of rotatable bonds is 5. The fourth-order valence-corrected chi connectivity index (χ4v) is 2.74. The normalized spacial score (nSPS) is 11.0. The molecule has 0 bridgehead atoms. The second kappa shape index (κ2) is 6.22. The van der Waals surface area contributed by atoms with Crippen LogP contribution in [0.1, 0.15) is 25.8 Å². The Morgan fingerprint density at radius 2 is 1.77 bits per heavy atom. The number of fused-ring (bicyclic) bond motifs is 1. The highest BCUT2D eigenvalue weighted by molar-refractivity contribution is 5.65. The molecule has 0 amide bonds. The lowest BCUT2D eigenvalue weighted by Crippen LogP contribution is -2.17. The van der Waals surface area contributed by atoms with E-state index < -0.39 is 0 Å². The number of nitrogens with zero attached hydrogens (tertiary/aromatic N) is 3. The van der Waals surface area contributed by atoms with Gasteiger partial charge in [-0.1, -0.05) is 32.0 Å². The van der Waals surface area contributed by atoms with Gasteiger partial charge in [0, 0.05) is 37.2 Å². The van der Waals surface area contributed by atoms with Crippen LogP contribution in [0.4, 0.5) is 5.69 Å². The van der Waals surface area contributed by atoms with Crippen LogP contribution < -0.4 is 4.90 Å². The van der Waals surface area contributed by atoms with Crippen molar-refractivity contribution in [2.45, 2.75) is 26.7 Å². The third-order valence-corrected chi connectivity index (χ3v) is 4.08. The molecule has 3 heteroatoms. The summed E-state index contributed by atoms with van der Waals surface area (Å²) in [5.74, 6) is 0. The Hall–Kier alpha value is -2.29. The molecule has 3 aromatic rings. The first-order valence-electron chi connectivity index (χ1n) is 8.00. The summed E-state index contributed by atoms with van der Waals surface area (Å²) in [6, 6.07) is 12.9. The van der Waals surface area contributed by atoms with Gasteiger partial charge < -0.3 is 9.30 Å². The molecule has 0 aliphatic carbocycles. The summed E-state index contributed by atoms with van der Waals surface area (Å²) in [6.45, 7) is 5.45. The van der Waals surface area contributed by atoms with E-state index in [1.807, 2.05) is 0 Å². The predicted molar refractivity (Wildman–Crippen MR) is 93.6 cm³/mol. The minimum atomic E-state index is 0.999. The molecule has 3 rings (SSSR count). The molecule has 1 aromatic carbocycles. The quantitative estimate of drug-likeness (QED) is 0.694. The topological polar surface area (TPSA) is 20.5 Å². The number of hydrogen-bond donors (Lipinski definition) is 0. The van der Waals surface area contributed by atoms with E-state index in [-0.39, 0.29) is 0 Å². The molecule has 0 aliphatic heterocycles. The van der Waals surface area contributed by atoms with Gasteiger partial charge in [-0.25, -0.2) is 4.98 Å². The number of aromatic nitrogens is 2. The molecule has 0 saturated heterocycles. The highest BCUT2D eigenvalue weighted by Gasteiger charge is 2.06. The van der Waals surface area contributed by atoms with Crippen molar-refractivity contribution in [3.05, 3.63) is 54.4 Å². The number of aryl methyl sites for hydroxylation is 1. The molecule has 22 heavy (non-hydrogen) atoms. The first kappa shape index (κ1) is 14.6. The Bertz CT molecular complexity index is 756. The molecule has 2 aromatic heterocycles. The van der Waals surface area contributed by atoms with E-state index >= 15 is 0 Å². The van der Waals surface area contributed by atoms with Crippen LogP contribution >= 0.6 is 0 Å². The van der Waals surface area contributed by atoms with Gasteiger partial charge in [0.05, 0.1) is 5.69 Å². The maximum Gasteiger partial charge on any atom is 0.137 e.